The third-order valence-corrected chi connectivity index (χ3v) is 4.67. The Morgan fingerprint density at radius 3 is 2.32 bits per heavy atom. The zero-order valence-corrected chi connectivity index (χ0v) is 17.3. The Kier molecular flexibility index (Phi) is 7.44. The number of benzene rings is 2. The van der Waals surface area contributed by atoms with Crippen LogP contribution in [0.4, 0.5) is 17.1 Å². The summed E-state index contributed by atoms with van der Waals surface area (Å²) in [6.45, 7) is 9.38. The number of hydrogen-bond donors (Lipinski definition) is 1. The Morgan fingerprint density at radius 1 is 1.07 bits per heavy atom. The number of rotatable bonds is 8. The highest BCUT2D eigenvalue weighted by Crippen LogP contribution is 2.28. The molecule has 0 fully saturated rings. The van der Waals surface area contributed by atoms with Crippen LogP contribution in [-0.4, -0.2) is 38.6 Å². The predicted octanol–water partition coefficient (Wildman–Crippen LogP) is 3.84. The lowest BCUT2D eigenvalue weighted by Crippen LogP contribution is -2.37. The van der Waals surface area contributed by atoms with Gasteiger partial charge < -0.3 is 15.0 Å². The highest BCUT2D eigenvalue weighted by molar-refractivity contribution is 6.02. The molecule has 0 bridgehead atoms. The van der Waals surface area contributed by atoms with E-state index in [0.717, 1.165) is 30.0 Å². The Morgan fingerprint density at radius 2 is 1.75 bits per heavy atom. The number of carbonyl (C=O) groups excluding carboxylic acids is 2. The molecule has 2 amide bonds. The van der Waals surface area contributed by atoms with Gasteiger partial charge in [-0.3, -0.25) is 14.5 Å². The number of amides is 2. The maximum atomic E-state index is 12.6. The van der Waals surface area contributed by atoms with Gasteiger partial charge in [-0.2, -0.15) is 0 Å². The molecule has 0 aliphatic rings. The molecule has 0 spiro atoms. The lowest BCUT2D eigenvalue weighted by molar-refractivity contribution is -0.120. The maximum Gasteiger partial charge on any atom is 0.244 e. The van der Waals surface area contributed by atoms with Crippen molar-refractivity contribution in [3.05, 3.63) is 48.0 Å². The summed E-state index contributed by atoms with van der Waals surface area (Å²) < 4.78 is 5.32. The zero-order valence-electron chi connectivity index (χ0n) is 17.3. The summed E-state index contributed by atoms with van der Waals surface area (Å²) in [6, 6.07) is 13.1. The largest absolute Gasteiger partial charge is 0.495 e. The van der Waals surface area contributed by atoms with Gasteiger partial charge in [-0.1, -0.05) is 12.1 Å². The minimum absolute atomic E-state index is 0.0903. The third kappa shape index (κ3) is 5.03. The molecule has 2 aromatic carbocycles. The van der Waals surface area contributed by atoms with E-state index >= 15 is 0 Å². The average Bonchev–Trinajstić information content (AvgIpc) is 2.69. The van der Waals surface area contributed by atoms with Crippen LogP contribution in [0.3, 0.4) is 0 Å². The summed E-state index contributed by atoms with van der Waals surface area (Å²) >= 11 is 0. The number of carbonyl (C=O) groups is 2. The molecule has 0 radical (unpaired) electrons. The van der Waals surface area contributed by atoms with Crippen molar-refractivity contribution in [1.29, 1.82) is 0 Å². The van der Waals surface area contributed by atoms with Crippen LogP contribution in [0.25, 0.3) is 0 Å². The second-order valence-electron chi connectivity index (χ2n) is 6.50. The minimum atomic E-state index is -0.264. The molecule has 1 N–H and O–H groups in total. The van der Waals surface area contributed by atoms with Crippen molar-refractivity contribution in [3.8, 4) is 5.75 Å². The van der Waals surface area contributed by atoms with Gasteiger partial charge >= 0.3 is 0 Å². The van der Waals surface area contributed by atoms with Crippen molar-refractivity contribution >= 4 is 28.9 Å². The van der Waals surface area contributed by atoms with Crippen LogP contribution in [0.1, 0.15) is 26.3 Å². The van der Waals surface area contributed by atoms with Crippen LogP contribution in [0.5, 0.6) is 5.75 Å². The van der Waals surface area contributed by atoms with E-state index in [2.05, 4.69) is 30.1 Å². The number of aryl methyl sites for hydroxylation is 1. The normalized spacial score (nSPS) is 10.3. The molecule has 2 rings (SSSR count). The zero-order chi connectivity index (χ0) is 20.7. The highest BCUT2D eigenvalue weighted by atomic mass is 16.5. The summed E-state index contributed by atoms with van der Waals surface area (Å²) in [4.78, 5) is 28.4. The number of anilines is 3. The maximum absolute atomic E-state index is 12.6. The number of hydrogen-bond acceptors (Lipinski definition) is 4. The van der Waals surface area contributed by atoms with E-state index < -0.39 is 0 Å². The van der Waals surface area contributed by atoms with Gasteiger partial charge in [-0.25, -0.2) is 0 Å². The first-order valence-electron chi connectivity index (χ1n) is 9.47. The molecular weight excluding hydrogens is 354 g/mol. The van der Waals surface area contributed by atoms with Crippen molar-refractivity contribution in [2.45, 2.75) is 27.7 Å². The molecule has 0 saturated heterocycles. The Bertz CT molecular complexity index is 832. The fourth-order valence-corrected chi connectivity index (χ4v) is 3.13. The van der Waals surface area contributed by atoms with Crippen LogP contribution < -0.4 is 19.9 Å². The number of methoxy groups -OCH3 is 1. The van der Waals surface area contributed by atoms with Crippen molar-refractivity contribution < 1.29 is 14.3 Å². The standard InChI is InChI=1S/C22H29N3O3/c1-6-24(7-2)18-12-13-19(16(3)14-18)23-22(27)15-25(17(4)26)20-10-8-9-11-21(20)28-5/h8-14H,6-7,15H2,1-5H3,(H,23,27). The number of para-hydroxylation sites is 2. The summed E-state index contributed by atoms with van der Waals surface area (Å²) in [5, 5.41) is 2.91. The quantitative estimate of drug-likeness (QED) is 0.752. The fraction of sp³-hybridized carbons (Fsp3) is 0.364. The molecule has 0 saturated carbocycles. The van der Waals surface area contributed by atoms with Crippen molar-refractivity contribution in [2.24, 2.45) is 0 Å². The first-order valence-corrected chi connectivity index (χ1v) is 9.47. The molecule has 6 heteroatoms. The Hall–Kier alpha value is -3.02. The molecule has 0 heterocycles. The van der Waals surface area contributed by atoms with Gasteiger partial charge in [-0.05, 0) is 56.7 Å². The van der Waals surface area contributed by atoms with E-state index in [4.69, 9.17) is 4.74 Å². The molecule has 0 aromatic heterocycles. The van der Waals surface area contributed by atoms with Crippen LogP contribution in [-0.2, 0) is 9.59 Å². The topological polar surface area (TPSA) is 61.9 Å². The van der Waals surface area contributed by atoms with Gasteiger partial charge in [0.15, 0.2) is 0 Å². The van der Waals surface area contributed by atoms with Crippen molar-refractivity contribution in [1.82, 2.24) is 0 Å². The molecule has 0 atom stereocenters. The van der Waals surface area contributed by atoms with E-state index in [1.165, 1.54) is 18.9 Å². The molecule has 28 heavy (non-hydrogen) atoms. The fourth-order valence-electron chi connectivity index (χ4n) is 3.13. The van der Waals surface area contributed by atoms with E-state index in [0.29, 0.717) is 11.4 Å². The second-order valence-corrected chi connectivity index (χ2v) is 6.50. The van der Waals surface area contributed by atoms with Gasteiger partial charge in [0.1, 0.15) is 12.3 Å². The van der Waals surface area contributed by atoms with Gasteiger partial charge in [0.05, 0.1) is 12.8 Å². The third-order valence-electron chi connectivity index (χ3n) is 4.67. The van der Waals surface area contributed by atoms with Gasteiger partial charge in [-0.15, -0.1) is 0 Å². The minimum Gasteiger partial charge on any atom is -0.495 e. The number of nitrogens with zero attached hydrogens (tertiary/aromatic N) is 2. The van der Waals surface area contributed by atoms with E-state index in [1.54, 1.807) is 12.1 Å². The second kappa shape index (κ2) is 9.78. The van der Waals surface area contributed by atoms with Crippen LogP contribution in [0.2, 0.25) is 0 Å². The first kappa shape index (κ1) is 21.3. The van der Waals surface area contributed by atoms with Gasteiger partial charge in [0.25, 0.3) is 0 Å². The summed E-state index contributed by atoms with van der Waals surface area (Å²) in [7, 11) is 1.54. The highest BCUT2D eigenvalue weighted by Gasteiger charge is 2.19. The smallest absolute Gasteiger partial charge is 0.244 e. The summed E-state index contributed by atoms with van der Waals surface area (Å²) in [5.41, 5.74) is 3.41. The molecule has 0 unspecified atom stereocenters. The van der Waals surface area contributed by atoms with E-state index in [-0.39, 0.29) is 18.4 Å². The predicted molar refractivity (Wildman–Crippen MR) is 114 cm³/mol. The first-order chi connectivity index (χ1) is 13.4. The van der Waals surface area contributed by atoms with Crippen LogP contribution >= 0.6 is 0 Å². The molecular formula is C22H29N3O3. The number of nitrogens with one attached hydrogen (secondary N) is 1. The Labute approximate surface area is 167 Å². The molecule has 0 aliphatic heterocycles. The average molecular weight is 383 g/mol. The van der Waals surface area contributed by atoms with Crippen molar-refractivity contribution in [3.63, 3.8) is 0 Å². The lowest BCUT2D eigenvalue weighted by Gasteiger charge is -2.24. The lowest BCUT2D eigenvalue weighted by atomic mass is 10.1. The molecule has 2 aromatic rings. The monoisotopic (exact) mass is 383 g/mol. The summed E-state index contributed by atoms with van der Waals surface area (Å²) in [6.07, 6.45) is 0. The SMILES string of the molecule is CCN(CC)c1ccc(NC(=O)CN(C(C)=O)c2ccccc2OC)c(C)c1. The molecule has 6 nitrogen and oxygen atoms in total. The summed E-state index contributed by atoms with van der Waals surface area (Å²) in [5.74, 6) is 0.0540. The van der Waals surface area contributed by atoms with E-state index in [1.807, 2.05) is 31.2 Å². The molecule has 0 aliphatic carbocycles. The van der Waals surface area contributed by atoms with Gasteiger partial charge in [0.2, 0.25) is 11.8 Å². The van der Waals surface area contributed by atoms with Crippen LogP contribution in [0, 0.1) is 6.92 Å². The molecule has 150 valence electrons. The van der Waals surface area contributed by atoms with Crippen molar-refractivity contribution in [2.75, 3.05) is 41.9 Å². The van der Waals surface area contributed by atoms with Crippen LogP contribution in [0.15, 0.2) is 42.5 Å². The van der Waals surface area contributed by atoms with E-state index in [9.17, 15) is 9.59 Å². The van der Waals surface area contributed by atoms with Gasteiger partial charge in [0, 0.05) is 31.4 Å². The number of ether oxygens (including phenoxy) is 1. The Balaban J connectivity index is 2.16.